The Hall–Kier alpha value is -0.0300. The molecule has 1 aromatic carbocycles. The SMILES string of the molecule is COc1c(I)ccc(F)c1Cl. The van der Waals surface area contributed by atoms with E-state index in [4.69, 9.17) is 16.3 Å². The van der Waals surface area contributed by atoms with Gasteiger partial charge in [0.25, 0.3) is 0 Å². The molecule has 0 unspecified atom stereocenters. The lowest BCUT2D eigenvalue weighted by Crippen LogP contribution is -1.89. The Morgan fingerprint density at radius 2 is 2.18 bits per heavy atom. The van der Waals surface area contributed by atoms with Crippen molar-refractivity contribution < 1.29 is 9.13 Å². The van der Waals surface area contributed by atoms with E-state index in [2.05, 4.69) is 0 Å². The molecule has 1 aromatic rings. The van der Waals surface area contributed by atoms with Crippen molar-refractivity contribution in [2.24, 2.45) is 0 Å². The first-order chi connectivity index (χ1) is 5.16. The van der Waals surface area contributed by atoms with E-state index < -0.39 is 5.82 Å². The molecule has 0 bridgehead atoms. The van der Waals surface area contributed by atoms with Crippen LogP contribution in [0.3, 0.4) is 0 Å². The Morgan fingerprint density at radius 3 is 2.64 bits per heavy atom. The minimum Gasteiger partial charge on any atom is -0.494 e. The van der Waals surface area contributed by atoms with Gasteiger partial charge in [0.1, 0.15) is 10.8 Å². The van der Waals surface area contributed by atoms with Crippen LogP contribution in [0.4, 0.5) is 4.39 Å². The maximum atomic E-state index is 12.7. The van der Waals surface area contributed by atoms with E-state index in [-0.39, 0.29) is 5.02 Å². The highest BCUT2D eigenvalue weighted by Gasteiger charge is 2.09. The molecule has 0 atom stereocenters. The lowest BCUT2D eigenvalue weighted by molar-refractivity contribution is 0.408. The van der Waals surface area contributed by atoms with Gasteiger partial charge in [-0.05, 0) is 34.7 Å². The molecule has 0 N–H and O–H groups in total. The Labute approximate surface area is 82.6 Å². The molecule has 60 valence electrons. The first-order valence-corrected chi connectivity index (χ1v) is 4.30. The van der Waals surface area contributed by atoms with Crippen molar-refractivity contribution >= 4 is 34.2 Å². The summed E-state index contributed by atoms with van der Waals surface area (Å²) in [4.78, 5) is 0. The number of hydrogen-bond acceptors (Lipinski definition) is 1. The van der Waals surface area contributed by atoms with Gasteiger partial charge in [0.15, 0.2) is 5.75 Å². The zero-order valence-corrected chi connectivity index (χ0v) is 8.61. The minimum atomic E-state index is -0.455. The molecule has 1 nitrogen and oxygen atoms in total. The van der Waals surface area contributed by atoms with Crippen LogP contribution in [0.1, 0.15) is 0 Å². The molecule has 0 heterocycles. The summed E-state index contributed by atoms with van der Waals surface area (Å²) >= 11 is 7.62. The smallest absolute Gasteiger partial charge is 0.153 e. The third-order valence-corrected chi connectivity index (χ3v) is 2.41. The summed E-state index contributed by atoms with van der Waals surface area (Å²) in [6.07, 6.45) is 0. The van der Waals surface area contributed by atoms with Crippen molar-refractivity contribution in [2.45, 2.75) is 0 Å². The van der Waals surface area contributed by atoms with Crippen LogP contribution in [0, 0.1) is 9.39 Å². The van der Waals surface area contributed by atoms with Crippen LogP contribution in [-0.4, -0.2) is 7.11 Å². The van der Waals surface area contributed by atoms with Gasteiger partial charge in [0.2, 0.25) is 0 Å². The number of rotatable bonds is 1. The highest BCUT2D eigenvalue weighted by Crippen LogP contribution is 2.31. The Kier molecular flexibility index (Phi) is 2.95. The molecule has 0 aromatic heterocycles. The van der Waals surface area contributed by atoms with Crippen LogP contribution in [0.2, 0.25) is 5.02 Å². The summed E-state index contributed by atoms with van der Waals surface area (Å²) in [5.74, 6) is -0.0591. The lowest BCUT2D eigenvalue weighted by Gasteiger charge is -2.04. The standard InChI is InChI=1S/C7H5ClFIO/c1-11-7-5(10)3-2-4(9)6(7)8/h2-3H,1H3. The molecular weight excluding hydrogens is 281 g/mol. The monoisotopic (exact) mass is 286 g/mol. The highest BCUT2D eigenvalue weighted by molar-refractivity contribution is 14.1. The molecular formula is C7H5ClFIO. The van der Waals surface area contributed by atoms with E-state index in [1.807, 2.05) is 22.6 Å². The van der Waals surface area contributed by atoms with Gasteiger partial charge in [0.05, 0.1) is 10.7 Å². The zero-order chi connectivity index (χ0) is 8.43. The fourth-order valence-corrected chi connectivity index (χ4v) is 1.77. The first kappa shape index (κ1) is 9.06. The second-order valence-electron chi connectivity index (χ2n) is 1.88. The van der Waals surface area contributed by atoms with Gasteiger partial charge in [-0.3, -0.25) is 0 Å². The van der Waals surface area contributed by atoms with Crippen molar-refractivity contribution in [1.82, 2.24) is 0 Å². The summed E-state index contributed by atoms with van der Waals surface area (Å²) in [7, 11) is 1.46. The van der Waals surface area contributed by atoms with Gasteiger partial charge in [-0.2, -0.15) is 0 Å². The molecule has 0 amide bonds. The first-order valence-electron chi connectivity index (χ1n) is 2.84. The molecule has 11 heavy (non-hydrogen) atoms. The molecule has 0 radical (unpaired) electrons. The van der Waals surface area contributed by atoms with E-state index >= 15 is 0 Å². The summed E-state index contributed by atoms with van der Waals surface area (Å²) in [5.41, 5.74) is 0. The van der Waals surface area contributed by atoms with Crippen LogP contribution in [0.25, 0.3) is 0 Å². The molecule has 0 saturated heterocycles. The summed E-state index contributed by atoms with van der Waals surface area (Å²) in [5, 5.41) is 0.0411. The normalized spacial score (nSPS) is 9.82. The summed E-state index contributed by atoms with van der Waals surface area (Å²) in [6.45, 7) is 0. The van der Waals surface area contributed by atoms with Crippen molar-refractivity contribution in [2.75, 3.05) is 7.11 Å². The molecule has 0 aliphatic rings. The molecule has 1 rings (SSSR count). The highest BCUT2D eigenvalue weighted by atomic mass is 127. The third kappa shape index (κ3) is 1.76. The largest absolute Gasteiger partial charge is 0.494 e. The van der Waals surface area contributed by atoms with Crippen molar-refractivity contribution in [1.29, 1.82) is 0 Å². The van der Waals surface area contributed by atoms with Crippen molar-refractivity contribution in [3.63, 3.8) is 0 Å². The number of hydrogen-bond donors (Lipinski definition) is 0. The third-order valence-electron chi connectivity index (χ3n) is 1.21. The second-order valence-corrected chi connectivity index (χ2v) is 3.42. The number of ether oxygens (including phenoxy) is 1. The molecule has 0 aliphatic carbocycles. The fraction of sp³-hybridized carbons (Fsp3) is 0.143. The lowest BCUT2D eigenvalue weighted by atomic mass is 10.3. The Balaban J connectivity index is 3.29. The minimum absolute atomic E-state index is 0.0411. The molecule has 0 fully saturated rings. The van der Waals surface area contributed by atoms with E-state index in [1.54, 1.807) is 6.07 Å². The van der Waals surface area contributed by atoms with Crippen molar-refractivity contribution in [3.05, 3.63) is 26.5 Å². The van der Waals surface area contributed by atoms with Crippen LogP contribution in [0.5, 0.6) is 5.75 Å². The van der Waals surface area contributed by atoms with E-state index in [1.165, 1.54) is 13.2 Å². The van der Waals surface area contributed by atoms with Crippen LogP contribution < -0.4 is 4.74 Å². The van der Waals surface area contributed by atoms with E-state index in [9.17, 15) is 4.39 Å². The topological polar surface area (TPSA) is 9.23 Å². The fourth-order valence-electron chi connectivity index (χ4n) is 0.696. The maximum Gasteiger partial charge on any atom is 0.153 e. The van der Waals surface area contributed by atoms with Gasteiger partial charge in [-0.15, -0.1) is 0 Å². The van der Waals surface area contributed by atoms with Gasteiger partial charge in [-0.1, -0.05) is 11.6 Å². The molecule has 0 spiro atoms. The summed E-state index contributed by atoms with van der Waals surface area (Å²) in [6, 6.07) is 2.92. The number of benzene rings is 1. The predicted octanol–water partition coefficient (Wildman–Crippen LogP) is 3.09. The number of halogens is 3. The zero-order valence-electron chi connectivity index (χ0n) is 5.70. The van der Waals surface area contributed by atoms with Gasteiger partial charge >= 0.3 is 0 Å². The van der Waals surface area contributed by atoms with Crippen LogP contribution in [0.15, 0.2) is 12.1 Å². The van der Waals surface area contributed by atoms with Gasteiger partial charge in [0, 0.05) is 0 Å². The molecule has 0 aliphatic heterocycles. The average Bonchev–Trinajstić information content (AvgIpc) is 1.99. The van der Waals surface area contributed by atoms with Gasteiger partial charge in [-0.25, -0.2) is 4.39 Å². The second kappa shape index (κ2) is 3.58. The van der Waals surface area contributed by atoms with Crippen LogP contribution in [-0.2, 0) is 0 Å². The Bertz CT molecular complexity index is 277. The number of methoxy groups -OCH3 is 1. The van der Waals surface area contributed by atoms with Crippen molar-refractivity contribution in [3.8, 4) is 5.75 Å². The molecule has 0 saturated carbocycles. The quantitative estimate of drug-likeness (QED) is 0.569. The average molecular weight is 286 g/mol. The van der Waals surface area contributed by atoms with Crippen LogP contribution >= 0.6 is 34.2 Å². The van der Waals surface area contributed by atoms with E-state index in [0.29, 0.717) is 5.75 Å². The predicted molar refractivity (Wildman–Crippen MR) is 50.7 cm³/mol. The van der Waals surface area contributed by atoms with E-state index in [0.717, 1.165) is 3.57 Å². The summed E-state index contributed by atoms with van der Waals surface area (Å²) < 4.78 is 18.4. The molecule has 4 heteroatoms. The maximum absolute atomic E-state index is 12.7. The Morgan fingerprint density at radius 1 is 1.55 bits per heavy atom. The van der Waals surface area contributed by atoms with Gasteiger partial charge < -0.3 is 4.74 Å².